The quantitative estimate of drug-likeness (QED) is 0.279. The Morgan fingerprint density at radius 3 is 2.70 bits per heavy atom. The predicted octanol–water partition coefficient (Wildman–Crippen LogP) is 0.606. The molecule has 1 unspecified atom stereocenters. The number of aliphatic imine (C=N–C) groups is 1. The zero-order chi connectivity index (χ0) is 16.9. The van der Waals surface area contributed by atoms with Gasteiger partial charge in [-0.05, 0) is 26.7 Å². The van der Waals surface area contributed by atoms with Gasteiger partial charge in [0.05, 0.1) is 26.9 Å². The fourth-order valence-corrected chi connectivity index (χ4v) is 2.40. The molecule has 23 heavy (non-hydrogen) atoms. The Labute approximate surface area is 139 Å². The van der Waals surface area contributed by atoms with Crippen molar-refractivity contribution in [3.63, 3.8) is 0 Å². The summed E-state index contributed by atoms with van der Waals surface area (Å²) in [7, 11) is 1.42. The molecule has 1 heterocycles. The van der Waals surface area contributed by atoms with Gasteiger partial charge < -0.3 is 20.1 Å². The maximum atomic E-state index is 11.0. The third kappa shape index (κ3) is 8.76. The molecular formula is C16H32N4O3. The summed E-state index contributed by atoms with van der Waals surface area (Å²) in [5, 5.41) is 6.57. The van der Waals surface area contributed by atoms with Crippen LogP contribution < -0.4 is 10.6 Å². The SMILES string of the molecule is CCNC(=NCC(C)N1CCOCC1)NCCCCC(=O)OC. The number of guanidine groups is 1. The van der Waals surface area contributed by atoms with Gasteiger partial charge in [-0.15, -0.1) is 0 Å². The second-order valence-corrected chi connectivity index (χ2v) is 5.68. The Bertz CT molecular complexity index is 357. The number of rotatable bonds is 9. The third-order valence-electron chi connectivity index (χ3n) is 3.85. The van der Waals surface area contributed by atoms with Crippen molar-refractivity contribution in [3.05, 3.63) is 0 Å². The normalized spacial score (nSPS) is 17.6. The van der Waals surface area contributed by atoms with Crippen LogP contribution in [-0.2, 0) is 14.3 Å². The van der Waals surface area contributed by atoms with Crippen molar-refractivity contribution in [1.29, 1.82) is 0 Å². The average molecular weight is 328 g/mol. The lowest BCUT2D eigenvalue weighted by Crippen LogP contribution is -2.44. The molecule has 134 valence electrons. The van der Waals surface area contributed by atoms with Gasteiger partial charge in [0.25, 0.3) is 0 Å². The Morgan fingerprint density at radius 1 is 1.30 bits per heavy atom. The highest BCUT2D eigenvalue weighted by atomic mass is 16.5. The van der Waals surface area contributed by atoms with Crippen molar-refractivity contribution >= 4 is 11.9 Å². The van der Waals surface area contributed by atoms with Gasteiger partial charge in [0.2, 0.25) is 0 Å². The van der Waals surface area contributed by atoms with E-state index in [4.69, 9.17) is 4.74 Å². The van der Waals surface area contributed by atoms with Gasteiger partial charge >= 0.3 is 5.97 Å². The number of hydrogen-bond acceptors (Lipinski definition) is 5. The van der Waals surface area contributed by atoms with Crippen LogP contribution in [0.1, 0.15) is 33.1 Å². The Hall–Kier alpha value is -1.34. The highest BCUT2D eigenvalue weighted by Gasteiger charge is 2.16. The molecule has 0 radical (unpaired) electrons. The lowest BCUT2D eigenvalue weighted by molar-refractivity contribution is -0.140. The van der Waals surface area contributed by atoms with Crippen LogP contribution in [0.2, 0.25) is 0 Å². The summed E-state index contributed by atoms with van der Waals surface area (Å²) in [6.07, 6.45) is 2.21. The van der Waals surface area contributed by atoms with Crippen LogP contribution in [0.5, 0.6) is 0 Å². The fourth-order valence-electron chi connectivity index (χ4n) is 2.40. The number of carbonyl (C=O) groups excluding carboxylic acids is 1. The van der Waals surface area contributed by atoms with Gasteiger partial charge in [0.15, 0.2) is 5.96 Å². The summed E-state index contributed by atoms with van der Waals surface area (Å²) in [5.41, 5.74) is 0. The lowest BCUT2D eigenvalue weighted by Gasteiger charge is -2.31. The molecule has 1 aliphatic rings. The van der Waals surface area contributed by atoms with Gasteiger partial charge in [-0.3, -0.25) is 14.7 Å². The van der Waals surface area contributed by atoms with E-state index in [1.165, 1.54) is 7.11 Å². The highest BCUT2D eigenvalue weighted by molar-refractivity contribution is 5.79. The molecule has 1 saturated heterocycles. The van der Waals surface area contributed by atoms with E-state index < -0.39 is 0 Å². The van der Waals surface area contributed by atoms with E-state index in [9.17, 15) is 4.79 Å². The van der Waals surface area contributed by atoms with E-state index in [0.29, 0.717) is 12.5 Å². The molecule has 0 aromatic carbocycles. The lowest BCUT2D eigenvalue weighted by atomic mass is 10.2. The summed E-state index contributed by atoms with van der Waals surface area (Å²) >= 11 is 0. The van der Waals surface area contributed by atoms with Crippen LogP contribution in [0.3, 0.4) is 0 Å². The highest BCUT2D eigenvalue weighted by Crippen LogP contribution is 2.03. The van der Waals surface area contributed by atoms with E-state index in [1.807, 2.05) is 0 Å². The first kappa shape index (κ1) is 19.7. The van der Waals surface area contributed by atoms with Crippen molar-refractivity contribution in [2.75, 3.05) is 53.0 Å². The molecule has 0 spiro atoms. The number of nitrogens with zero attached hydrogens (tertiary/aromatic N) is 2. The molecule has 1 fully saturated rings. The minimum atomic E-state index is -0.148. The molecule has 7 heteroatoms. The van der Waals surface area contributed by atoms with Gasteiger partial charge in [0.1, 0.15) is 0 Å². The van der Waals surface area contributed by atoms with E-state index in [0.717, 1.165) is 64.7 Å². The number of hydrogen-bond donors (Lipinski definition) is 2. The van der Waals surface area contributed by atoms with Gasteiger partial charge in [-0.2, -0.15) is 0 Å². The van der Waals surface area contributed by atoms with Crippen LogP contribution in [-0.4, -0.2) is 75.9 Å². The van der Waals surface area contributed by atoms with Crippen LogP contribution in [0.25, 0.3) is 0 Å². The van der Waals surface area contributed by atoms with E-state index in [2.05, 4.69) is 39.1 Å². The van der Waals surface area contributed by atoms with Crippen LogP contribution in [0.4, 0.5) is 0 Å². The van der Waals surface area contributed by atoms with Gasteiger partial charge in [-0.25, -0.2) is 0 Å². The molecule has 0 bridgehead atoms. The van der Waals surface area contributed by atoms with Crippen molar-refractivity contribution in [3.8, 4) is 0 Å². The minimum absolute atomic E-state index is 0.148. The number of esters is 1. The molecule has 0 saturated carbocycles. The molecule has 0 amide bonds. The van der Waals surface area contributed by atoms with Crippen LogP contribution in [0.15, 0.2) is 4.99 Å². The molecule has 0 aliphatic carbocycles. The standard InChI is InChI=1S/C16H32N4O3/c1-4-17-16(18-8-6-5-7-15(21)22-3)19-13-14(2)20-9-11-23-12-10-20/h14H,4-13H2,1-3H3,(H2,17,18,19). The van der Waals surface area contributed by atoms with E-state index in [-0.39, 0.29) is 5.97 Å². The Morgan fingerprint density at radius 2 is 2.04 bits per heavy atom. The number of ether oxygens (including phenoxy) is 2. The smallest absolute Gasteiger partial charge is 0.305 e. The number of methoxy groups -OCH3 is 1. The van der Waals surface area contributed by atoms with Gasteiger partial charge in [-0.1, -0.05) is 0 Å². The van der Waals surface area contributed by atoms with Gasteiger partial charge in [0, 0.05) is 38.6 Å². The molecule has 1 rings (SSSR count). The summed E-state index contributed by atoms with van der Waals surface area (Å²) < 4.78 is 10.0. The number of carbonyl (C=O) groups is 1. The molecule has 0 aromatic heterocycles. The number of nitrogens with one attached hydrogen (secondary N) is 2. The van der Waals surface area contributed by atoms with Crippen molar-refractivity contribution in [2.24, 2.45) is 4.99 Å². The first-order valence-corrected chi connectivity index (χ1v) is 8.58. The van der Waals surface area contributed by atoms with Crippen molar-refractivity contribution in [1.82, 2.24) is 15.5 Å². The first-order chi connectivity index (χ1) is 11.2. The van der Waals surface area contributed by atoms with Crippen LogP contribution in [0, 0.1) is 0 Å². The summed E-state index contributed by atoms with van der Waals surface area (Å²) in [5.74, 6) is 0.690. The summed E-state index contributed by atoms with van der Waals surface area (Å²) in [6.45, 7) is 10.2. The monoisotopic (exact) mass is 328 g/mol. The Kier molecular flexibility index (Phi) is 10.4. The minimum Gasteiger partial charge on any atom is -0.469 e. The Balaban J connectivity index is 2.27. The second kappa shape index (κ2) is 12.1. The maximum Gasteiger partial charge on any atom is 0.305 e. The molecule has 0 aromatic rings. The topological polar surface area (TPSA) is 75.2 Å². The second-order valence-electron chi connectivity index (χ2n) is 5.68. The van der Waals surface area contributed by atoms with Crippen molar-refractivity contribution in [2.45, 2.75) is 39.2 Å². The summed E-state index contributed by atoms with van der Waals surface area (Å²) in [6, 6.07) is 0.411. The molecule has 7 nitrogen and oxygen atoms in total. The fraction of sp³-hybridized carbons (Fsp3) is 0.875. The first-order valence-electron chi connectivity index (χ1n) is 8.58. The zero-order valence-electron chi connectivity index (χ0n) is 14.8. The molecule has 1 aliphatic heterocycles. The zero-order valence-corrected chi connectivity index (χ0v) is 14.8. The predicted molar refractivity (Wildman–Crippen MR) is 91.7 cm³/mol. The molecular weight excluding hydrogens is 296 g/mol. The van der Waals surface area contributed by atoms with E-state index in [1.54, 1.807) is 0 Å². The van der Waals surface area contributed by atoms with Crippen LogP contribution >= 0.6 is 0 Å². The number of unbranched alkanes of at least 4 members (excludes halogenated alkanes) is 1. The third-order valence-corrected chi connectivity index (χ3v) is 3.85. The average Bonchev–Trinajstić information content (AvgIpc) is 2.59. The molecule has 2 N–H and O–H groups in total. The van der Waals surface area contributed by atoms with Crippen molar-refractivity contribution < 1.29 is 14.3 Å². The summed E-state index contributed by atoms with van der Waals surface area (Å²) in [4.78, 5) is 18.1. The number of morpholine rings is 1. The maximum absolute atomic E-state index is 11.0. The largest absolute Gasteiger partial charge is 0.469 e. The van der Waals surface area contributed by atoms with E-state index >= 15 is 0 Å². The molecule has 1 atom stereocenters.